The standard InChI is InChI=1S/C18H20O/c1-15(2)13-18(14-19,16-9-5-3-6-10-16)17-11-7-4-8-12-17/h3-12,14-15H,13H2,1-2H3. The third-order valence-electron chi connectivity index (χ3n) is 3.51. The van der Waals surface area contributed by atoms with Gasteiger partial charge in [0.1, 0.15) is 6.29 Å². The Balaban J connectivity index is 2.58. The van der Waals surface area contributed by atoms with Gasteiger partial charge in [-0.05, 0) is 23.5 Å². The van der Waals surface area contributed by atoms with E-state index in [4.69, 9.17) is 0 Å². The molecule has 0 aliphatic carbocycles. The number of carbonyl (C=O) groups is 1. The molecule has 0 amide bonds. The van der Waals surface area contributed by atoms with Crippen molar-refractivity contribution in [1.82, 2.24) is 0 Å². The van der Waals surface area contributed by atoms with E-state index < -0.39 is 5.41 Å². The third-order valence-corrected chi connectivity index (χ3v) is 3.51. The van der Waals surface area contributed by atoms with E-state index in [1.807, 2.05) is 60.7 Å². The molecule has 0 spiro atoms. The van der Waals surface area contributed by atoms with Crippen molar-refractivity contribution in [3.05, 3.63) is 71.8 Å². The first-order chi connectivity index (χ1) is 9.19. The summed E-state index contributed by atoms with van der Waals surface area (Å²) in [6, 6.07) is 20.1. The highest BCUT2D eigenvalue weighted by molar-refractivity contribution is 5.75. The molecule has 0 unspecified atom stereocenters. The Hall–Kier alpha value is -1.89. The SMILES string of the molecule is CC(C)CC(C=O)(c1ccccc1)c1ccccc1. The number of carbonyl (C=O) groups excluding carboxylic acids is 1. The third kappa shape index (κ3) is 2.76. The molecule has 0 aliphatic heterocycles. The fraction of sp³-hybridized carbons (Fsp3) is 0.278. The van der Waals surface area contributed by atoms with Gasteiger partial charge in [0.05, 0.1) is 5.41 Å². The van der Waals surface area contributed by atoms with Crippen molar-refractivity contribution in [2.45, 2.75) is 25.7 Å². The molecule has 0 bridgehead atoms. The van der Waals surface area contributed by atoms with Crippen LogP contribution in [0.15, 0.2) is 60.7 Å². The van der Waals surface area contributed by atoms with Gasteiger partial charge in [-0.15, -0.1) is 0 Å². The van der Waals surface area contributed by atoms with E-state index >= 15 is 0 Å². The Morgan fingerprint density at radius 1 is 0.895 bits per heavy atom. The molecule has 0 N–H and O–H groups in total. The minimum atomic E-state index is -0.531. The minimum Gasteiger partial charge on any atom is -0.302 e. The van der Waals surface area contributed by atoms with Crippen LogP contribution < -0.4 is 0 Å². The molecule has 0 saturated heterocycles. The fourth-order valence-corrected chi connectivity index (χ4v) is 2.70. The Labute approximate surface area is 115 Å². The Morgan fingerprint density at radius 3 is 1.63 bits per heavy atom. The van der Waals surface area contributed by atoms with Crippen molar-refractivity contribution in [3.8, 4) is 0 Å². The number of hydrogen-bond acceptors (Lipinski definition) is 1. The topological polar surface area (TPSA) is 17.1 Å². The van der Waals surface area contributed by atoms with Crippen molar-refractivity contribution >= 4 is 6.29 Å². The van der Waals surface area contributed by atoms with Crippen LogP contribution in [0.25, 0.3) is 0 Å². The van der Waals surface area contributed by atoms with Crippen molar-refractivity contribution < 1.29 is 4.79 Å². The highest BCUT2D eigenvalue weighted by Gasteiger charge is 2.34. The number of hydrogen-bond donors (Lipinski definition) is 0. The summed E-state index contributed by atoms with van der Waals surface area (Å²) in [4.78, 5) is 12.0. The quantitative estimate of drug-likeness (QED) is 0.728. The van der Waals surface area contributed by atoms with Crippen LogP contribution in [0.1, 0.15) is 31.4 Å². The van der Waals surface area contributed by atoms with Gasteiger partial charge in [0.15, 0.2) is 0 Å². The molecule has 98 valence electrons. The maximum absolute atomic E-state index is 12.0. The zero-order chi connectivity index (χ0) is 13.7. The summed E-state index contributed by atoms with van der Waals surface area (Å²) in [6.45, 7) is 4.31. The molecular weight excluding hydrogens is 232 g/mol. The van der Waals surface area contributed by atoms with Gasteiger partial charge in [-0.3, -0.25) is 0 Å². The lowest BCUT2D eigenvalue weighted by molar-refractivity contribution is -0.111. The van der Waals surface area contributed by atoms with E-state index in [9.17, 15) is 4.79 Å². The van der Waals surface area contributed by atoms with Crippen LogP contribution in [0.3, 0.4) is 0 Å². The molecule has 0 radical (unpaired) electrons. The van der Waals surface area contributed by atoms with Crippen molar-refractivity contribution in [1.29, 1.82) is 0 Å². The van der Waals surface area contributed by atoms with Gasteiger partial charge in [-0.2, -0.15) is 0 Å². The van der Waals surface area contributed by atoms with Crippen molar-refractivity contribution in [3.63, 3.8) is 0 Å². The zero-order valence-electron chi connectivity index (χ0n) is 11.5. The van der Waals surface area contributed by atoms with Crippen LogP contribution in [0.4, 0.5) is 0 Å². The first-order valence-corrected chi connectivity index (χ1v) is 6.76. The highest BCUT2D eigenvalue weighted by atomic mass is 16.1. The average Bonchev–Trinajstić information content (AvgIpc) is 2.46. The zero-order valence-corrected chi connectivity index (χ0v) is 11.5. The van der Waals surface area contributed by atoms with Crippen LogP contribution in [0.2, 0.25) is 0 Å². The summed E-state index contributed by atoms with van der Waals surface area (Å²) < 4.78 is 0. The number of rotatable bonds is 5. The lowest BCUT2D eigenvalue weighted by Gasteiger charge is -2.31. The van der Waals surface area contributed by atoms with Crippen molar-refractivity contribution in [2.75, 3.05) is 0 Å². The van der Waals surface area contributed by atoms with E-state index in [-0.39, 0.29) is 0 Å². The molecule has 2 aromatic rings. The first kappa shape index (κ1) is 13.5. The fourth-order valence-electron chi connectivity index (χ4n) is 2.70. The molecule has 2 rings (SSSR count). The summed E-state index contributed by atoms with van der Waals surface area (Å²) in [5.41, 5.74) is 1.62. The van der Waals surface area contributed by atoms with Crippen LogP contribution in [-0.4, -0.2) is 6.29 Å². The van der Waals surface area contributed by atoms with Gasteiger partial charge >= 0.3 is 0 Å². The largest absolute Gasteiger partial charge is 0.302 e. The molecule has 2 aromatic carbocycles. The Kier molecular flexibility index (Phi) is 4.16. The second kappa shape index (κ2) is 5.83. The molecule has 0 fully saturated rings. The maximum atomic E-state index is 12.0. The second-order valence-corrected chi connectivity index (χ2v) is 5.42. The summed E-state index contributed by atoms with van der Waals surface area (Å²) in [7, 11) is 0. The van der Waals surface area contributed by atoms with E-state index in [0.717, 1.165) is 23.8 Å². The smallest absolute Gasteiger partial charge is 0.134 e. The van der Waals surface area contributed by atoms with Crippen LogP contribution >= 0.6 is 0 Å². The van der Waals surface area contributed by atoms with Crippen molar-refractivity contribution in [2.24, 2.45) is 5.92 Å². The highest BCUT2D eigenvalue weighted by Crippen LogP contribution is 2.36. The molecule has 0 heterocycles. The van der Waals surface area contributed by atoms with Gasteiger partial charge in [0.2, 0.25) is 0 Å². The molecular formula is C18H20O. The molecule has 19 heavy (non-hydrogen) atoms. The van der Waals surface area contributed by atoms with E-state index in [2.05, 4.69) is 13.8 Å². The molecule has 1 nitrogen and oxygen atoms in total. The molecule has 0 atom stereocenters. The van der Waals surface area contributed by atoms with Gasteiger partial charge in [-0.1, -0.05) is 74.5 Å². The first-order valence-electron chi connectivity index (χ1n) is 6.76. The summed E-state index contributed by atoms with van der Waals surface area (Å²) >= 11 is 0. The average molecular weight is 252 g/mol. The lowest BCUT2D eigenvalue weighted by atomic mass is 9.70. The Bertz CT molecular complexity index is 474. The van der Waals surface area contributed by atoms with Gasteiger partial charge in [0, 0.05) is 0 Å². The Morgan fingerprint density at radius 2 is 1.32 bits per heavy atom. The molecule has 1 heteroatoms. The van der Waals surface area contributed by atoms with E-state index in [0.29, 0.717) is 5.92 Å². The van der Waals surface area contributed by atoms with E-state index in [1.165, 1.54) is 0 Å². The lowest BCUT2D eigenvalue weighted by Crippen LogP contribution is -2.31. The van der Waals surface area contributed by atoms with Gasteiger partial charge < -0.3 is 4.79 Å². The van der Waals surface area contributed by atoms with Gasteiger partial charge in [0.25, 0.3) is 0 Å². The van der Waals surface area contributed by atoms with Crippen LogP contribution in [0, 0.1) is 5.92 Å². The molecule has 0 aromatic heterocycles. The number of aldehydes is 1. The predicted octanol–water partition coefficient (Wildman–Crippen LogP) is 4.22. The maximum Gasteiger partial charge on any atom is 0.134 e. The predicted molar refractivity (Wildman–Crippen MR) is 79.2 cm³/mol. The molecule has 0 aliphatic rings. The van der Waals surface area contributed by atoms with Gasteiger partial charge in [-0.25, -0.2) is 0 Å². The normalized spacial score (nSPS) is 11.5. The molecule has 0 saturated carbocycles. The second-order valence-electron chi connectivity index (χ2n) is 5.42. The van der Waals surface area contributed by atoms with E-state index in [1.54, 1.807) is 0 Å². The summed E-state index contributed by atoms with van der Waals surface area (Å²) in [6.07, 6.45) is 1.93. The van der Waals surface area contributed by atoms with Crippen LogP contribution in [-0.2, 0) is 10.2 Å². The summed E-state index contributed by atoms with van der Waals surface area (Å²) in [5.74, 6) is 0.450. The summed E-state index contributed by atoms with van der Waals surface area (Å²) in [5, 5.41) is 0. The minimum absolute atomic E-state index is 0.450. The number of benzene rings is 2. The van der Waals surface area contributed by atoms with Crippen LogP contribution in [0.5, 0.6) is 0 Å². The monoisotopic (exact) mass is 252 g/mol.